The zero-order valence-corrected chi connectivity index (χ0v) is 7.64. The minimum absolute atomic E-state index is 0.593. The van der Waals surface area contributed by atoms with Crippen molar-refractivity contribution in [3.05, 3.63) is 4.91 Å². The summed E-state index contributed by atoms with van der Waals surface area (Å²) in [6.07, 6.45) is 0. The SMILES string of the molecule is O=NN1CCN(C(=S)S)CC1. The maximum Gasteiger partial charge on any atom is 0.133 e. The highest BCUT2D eigenvalue weighted by molar-refractivity contribution is 8.10. The van der Waals surface area contributed by atoms with Crippen molar-refractivity contribution in [2.45, 2.75) is 0 Å². The van der Waals surface area contributed by atoms with E-state index in [0.29, 0.717) is 17.4 Å². The predicted molar refractivity (Wildman–Crippen MR) is 50.5 cm³/mol. The molecule has 0 bridgehead atoms. The summed E-state index contributed by atoms with van der Waals surface area (Å²) in [5, 5.41) is 4.32. The highest BCUT2D eigenvalue weighted by Crippen LogP contribution is 2.04. The molecule has 0 aromatic heterocycles. The number of thiocarbonyl (C=S) groups is 1. The molecule has 0 aliphatic carbocycles. The Balaban J connectivity index is 2.35. The van der Waals surface area contributed by atoms with Gasteiger partial charge in [0, 0.05) is 13.1 Å². The molecule has 4 nitrogen and oxygen atoms in total. The molecule has 62 valence electrons. The average molecular weight is 191 g/mol. The van der Waals surface area contributed by atoms with E-state index in [-0.39, 0.29) is 0 Å². The molecule has 0 aromatic rings. The van der Waals surface area contributed by atoms with E-state index in [1.165, 1.54) is 5.01 Å². The molecule has 6 heteroatoms. The molecule has 0 amide bonds. The van der Waals surface area contributed by atoms with Crippen LogP contribution < -0.4 is 0 Å². The van der Waals surface area contributed by atoms with Crippen molar-refractivity contribution < 1.29 is 0 Å². The van der Waals surface area contributed by atoms with Crippen molar-refractivity contribution in [1.82, 2.24) is 9.91 Å². The first-order valence-electron chi connectivity index (χ1n) is 3.30. The van der Waals surface area contributed by atoms with Gasteiger partial charge in [-0.3, -0.25) is 5.01 Å². The summed E-state index contributed by atoms with van der Waals surface area (Å²) < 4.78 is 0.593. The zero-order valence-electron chi connectivity index (χ0n) is 5.93. The van der Waals surface area contributed by atoms with Gasteiger partial charge in [-0.15, -0.1) is 17.5 Å². The van der Waals surface area contributed by atoms with Crippen LogP contribution in [0.1, 0.15) is 0 Å². The quantitative estimate of drug-likeness (QED) is 0.372. The molecule has 1 aliphatic rings. The van der Waals surface area contributed by atoms with Crippen LogP contribution in [0.2, 0.25) is 0 Å². The van der Waals surface area contributed by atoms with Crippen LogP contribution in [-0.2, 0) is 0 Å². The summed E-state index contributed by atoms with van der Waals surface area (Å²) in [4.78, 5) is 12.0. The lowest BCUT2D eigenvalue weighted by Crippen LogP contribution is -2.44. The number of piperazine rings is 1. The van der Waals surface area contributed by atoms with Crippen LogP contribution in [0.15, 0.2) is 5.29 Å². The molecule has 1 heterocycles. The van der Waals surface area contributed by atoms with Crippen molar-refractivity contribution in [1.29, 1.82) is 0 Å². The van der Waals surface area contributed by atoms with Crippen LogP contribution >= 0.6 is 24.8 Å². The monoisotopic (exact) mass is 191 g/mol. The molecule has 0 N–H and O–H groups in total. The van der Waals surface area contributed by atoms with Crippen LogP contribution in [0.3, 0.4) is 0 Å². The number of thiol groups is 1. The number of hydrogen-bond acceptors (Lipinski definition) is 3. The maximum absolute atomic E-state index is 10.0. The van der Waals surface area contributed by atoms with Gasteiger partial charge in [0.1, 0.15) is 4.32 Å². The highest BCUT2D eigenvalue weighted by Gasteiger charge is 2.16. The average Bonchev–Trinajstić information content (AvgIpc) is 2.05. The first kappa shape index (κ1) is 8.73. The summed E-state index contributed by atoms with van der Waals surface area (Å²) in [5.74, 6) is 0. The number of nitroso groups, excluding NO2 is 1. The summed E-state index contributed by atoms with van der Waals surface area (Å²) >= 11 is 8.88. The lowest BCUT2D eigenvalue weighted by molar-refractivity contribution is 0.190. The minimum Gasteiger partial charge on any atom is -0.354 e. The Hall–Kier alpha value is -0.360. The molecule has 11 heavy (non-hydrogen) atoms. The van der Waals surface area contributed by atoms with E-state index in [2.05, 4.69) is 17.9 Å². The van der Waals surface area contributed by atoms with Gasteiger partial charge >= 0.3 is 0 Å². The minimum atomic E-state index is 0.593. The molecule has 0 unspecified atom stereocenters. The first-order valence-corrected chi connectivity index (χ1v) is 4.15. The lowest BCUT2D eigenvalue weighted by Gasteiger charge is -2.31. The zero-order chi connectivity index (χ0) is 8.27. The fourth-order valence-electron chi connectivity index (χ4n) is 0.969. The van der Waals surface area contributed by atoms with Crippen LogP contribution in [0.5, 0.6) is 0 Å². The van der Waals surface area contributed by atoms with Gasteiger partial charge in [0.2, 0.25) is 0 Å². The van der Waals surface area contributed by atoms with Gasteiger partial charge in [-0.05, 0) is 0 Å². The second kappa shape index (κ2) is 3.87. The van der Waals surface area contributed by atoms with Gasteiger partial charge in [-0.1, -0.05) is 12.2 Å². The maximum atomic E-state index is 10.0. The molecular formula is C5H9N3OS2. The first-order chi connectivity index (χ1) is 5.24. The third kappa shape index (κ3) is 2.30. The van der Waals surface area contributed by atoms with Crippen LogP contribution in [0, 0.1) is 4.91 Å². The van der Waals surface area contributed by atoms with Crippen molar-refractivity contribution in [3.8, 4) is 0 Å². The van der Waals surface area contributed by atoms with E-state index in [1.807, 2.05) is 4.90 Å². The fourth-order valence-corrected chi connectivity index (χ4v) is 1.35. The topological polar surface area (TPSA) is 35.9 Å². The summed E-state index contributed by atoms with van der Waals surface area (Å²) in [7, 11) is 0. The third-order valence-corrected chi connectivity index (χ3v) is 2.18. The number of rotatable bonds is 1. The van der Waals surface area contributed by atoms with Crippen LogP contribution in [-0.4, -0.2) is 40.4 Å². The van der Waals surface area contributed by atoms with Gasteiger partial charge in [0.05, 0.1) is 18.4 Å². The van der Waals surface area contributed by atoms with Gasteiger partial charge in [0.15, 0.2) is 0 Å². The second-order valence-corrected chi connectivity index (χ2v) is 3.42. The summed E-state index contributed by atoms with van der Waals surface area (Å²) in [5.41, 5.74) is 0. The van der Waals surface area contributed by atoms with Crippen molar-refractivity contribution >= 4 is 29.2 Å². The third-order valence-electron chi connectivity index (χ3n) is 1.64. The molecule has 0 atom stereocenters. The molecular weight excluding hydrogens is 182 g/mol. The predicted octanol–water partition coefficient (Wildman–Crippen LogP) is 0.500. The van der Waals surface area contributed by atoms with E-state index in [0.717, 1.165) is 13.1 Å². The van der Waals surface area contributed by atoms with Crippen molar-refractivity contribution in [3.63, 3.8) is 0 Å². The Kier molecular flexibility index (Phi) is 3.07. The summed E-state index contributed by atoms with van der Waals surface area (Å²) in [6.45, 7) is 2.77. The Morgan fingerprint density at radius 2 is 1.91 bits per heavy atom. The van der Waals surface area contributed by atoms with Gasteiger partial charge in [-0.25, -0.2) is 0 Å². The van der Waals surface area contributed by atoms with E-state index in [4.69, 9.17) is 12.2 Å². The fraction of sp³-hybridized carbons (Fsp3) is 0.800. The second-order valence-electron chi connectivity index (χ2n) is 2.30. The van der Waals surface area contributed by atoms with Crippen LogP contribution in [0.25, 0.3) is 0 Å². The molecule has 1 saturated heterocycles. The summed E-state index contributed by atoms with van der Waals surface area (Å²) in [6, 6.07) is 0. The molecule has 0 radical (unpaired) electrons. The van der Waals surface area contributed by atoms with Crippen molar-refractivity contribution in [2.24, 2.45) is 5.29 Å². The smallest absolute Gasteiger partial charge is 0.133 e. The normalized spacial score (nSPS) is 18.3. The molecule has 1 fully saturated rings. The standard InChI is InChI=1S/C5H9N3OS2/c9-6-8-3-1-7(2-4-8)5(10)11/h1-4H2,(H,10,11). The molecule has 0 spiro atoms. The Morgan fingerprint density at radius 1 is 1.36 bits per heavy atom. The van der Waals surface area contributed by atoms with Crippen molar-refractivity contribution in [2.75, 3.05) is 26.2 Å². The molecule has 1 aliphatic heterocycles. The van der Waals surface area contributed by atoms with Gasteiger partial charge in [-0.2, -0.15) is 0 Å². The molecule has 0 saturated carbocycles. The molecule has 0 aromatic carbocycles. The molecule has 1 rings (SSSR count). The van der Waals surface area contributed by atoms with E-state index < -0.39 is 0 Å². The van der Waals surface area contributed by atoms with Crippen LogP contribution in [0.4, 0.5) is 0 Å². The van der Waals surface area contributed by atoms with E-state index in [9.17, 15) is 4.91 Å². The number of hydrogen-bond donors (Lipinski definition) is 1. The van der Waals surface area contributed by atoms with Gasteiger partial charge < -0.3 is 4.90 Å². The largest absolute Gasteiger partial charge is 0.354 e. The van der Waals surface area contributed by atoms with E-state index in [1.54, 1.807) is 0 Å². The van der Waals surface area contributed by atoms with Gasteiger partial charge in [0.25, 0.3) is 0 Å². The Bertz CT molecular complexity index is 167. The lowest BCUT2D eigenvalue weighted by atomic mass is 10.4. The van der Waals surface area contributed by atoms with E-state index >= 15 is 0 Å². The Labute approximate surface area is 75.9 Å². The highest BCUT2D eigenvalue weighted by atomic mass is 32.1. The Morgan fingerprint density at radius 3 is 2.27 bits per heavy atom. The number of nitrogens with zero attached hydrogens (tertiary/aromatic N) is 3.